The van der Waals surface area contributed by atoms with Gasteiger partial charge >= 0.3 is 5.97 Å². The number of hydrogen-bond acceptors (Lipinski definition) is 3. The third-order valence-electron chi connectivity index (χ3n) is 3.07. The number of carboxylic acids is 1. The number of ether oxygens (including phenoxy) is 1. The van der Waals surface area contributed by atoms with Crippen molar-refractivity contribution < 1.29 is 19.0 Å². The van der Waals surface area contributed by atoms with Gasteiger partial charge in [0.2, 0.25) is 0 Å². The Bertz CT molecular complexity index is 810. The van der Waals surface area contributed by atoms with E-state index < -0.39 is 5.97 Å². The smallest absolute Gasteiger partial charge is 0.346 e. The van der Waals surface area contributed by atoms with Crippen LogP contribution in [-0.2, 0) is 6.61 Å². The zero-order chi connectivity index (χ0) is 14.8. The van der Waals surface area contributed by atoms with Crippen LogP contribution in [0.5, 0.6) is 5.75 Å². The van der Waals surface area contributed by atoms with Crippen molar-refractivity contribution >= 4 is 27.4 Å². The molecule has 106 valence electrons. The monoisotopic (exact) mass is 302 g/mol. The lowest BCUT2D eigenvalue weighted by Crippen LogP contribution is -2.02. The van der Waals surface area contributed by atoms with E-state index in [-0.39, 0.29) is 17.3 Å². The van der Waals surface area contributed by atoms with Crippen LogP contribution in [0.3, 0.4) is 0 Å². The van der Waals surface area contributed by atoms with Crippen molar-refractivity contribution in [2.75, 3.05) is 0 Å². The van der Waals surface area contributed by atoms with Gasteiger partial charge in [-0.15, -0.1) is 11.3 Å². The van der Waals surface area contributed by atoms with E-state index in [9.17, 15) is 14.3 Å². The highest BCUT2D eigenvalue weighted by Gasteiger charge is 2.17. The SMILES string of the molecule is O=C(O)c1sc2ccccc2c1COc1cccc(F)c1. The largest absolute Gasteiger partial charge is 0.489 e. The fourth-order valence-corrected chi connectivity index (χ4v) is 3.17. The second-order valence-corrected chi connectivity index (χ2v) is 5.51. The standard InChI is InChI=1S/C16H11FO3S/c17-10-4-3-5-11(8-10)20-9-13-12-6-1-2-7-14(12)21-15(13)16(18)19/h1-8H,9H2,(H,18,19). The molecular formula is C16H11FO3S. The van der Waals surface area contributed by atoms with E-state index >= 15 is 0 Å². The summed E-state index contributed by atoms with van der Waals surface area (Å²) in [6.07, 6.45) is 0. The number of fused-ring (bicyclic) bond motifs is 1. The Balaban J connectivity index is 1.95. The number of aromatic carboxylic acids is 1. The van der Waals surface area contributed by atoms with Crippen molar-refractivity contribution in [2.24, 2.45) is 0 Å². The average Bonchev–Trinajstić information content (AvgIpc) is 2.84. The number of carboxylic acid groups (broad SMARTS) is 1. The van der Waals surface area contributed by atoms with Crippen molar-refractivity contribution in [1.82, 2.24) is 0 Å². The first-order valence-electron chi connectivity index (χ1n) is 6.27. The first kappa shape index (κ1) is 13.6. The number of benzene rings is 2. The first-order chi connectivity index (χ1) is 10.1. The zero-order valence-electron chi connectivity index (χ0n) is 10.9. The Morgan fingerprint density at radius 1 is 1.19 bits per heavy atom. The lowest BCUT2D eigenvalue weighted by Gasteiger charge is -2.06. The van der Waals surface area contributed by atoms with Gasteiger partial charge in [0.05, 0.1) is 0 Å². The second-order valence-electron chi connectivity index (χ2n) is 4.46. The molecule has 0 amide bonds. The fraction of sp³-hybridized carbons (Fsp3) is 0.0625. The molecule has 1 aromatic heterocycles. The molecule has 0 saturated heterocycles. The second kappa shape index (κ2) is 5.54. The molecule has 0 fully saturated rings. The lowest BCUT2D eigenvalue weighted by molar-refractivity contribution is 0.0699. The molecule has 0 atom stereocenters. The van der Waals surface area contributed by atoms with Gasteiger partial charge in [-0.1, -0.05) is 24.3 Å². The van der Waals surface area contributed by atoms with Crippen LogP contribution in [0.25, 0.3) is 10.1 Å². The molecule has 0 radical (unpaired) electrons. The van der Waals surface area contributed by atoms with Crippen LogP contribution >= 0.6 is 11.3 Å². The van der Waals surface area contributed by atoms with Crippen molar-refractivity contribution in [1.29, 1.82) is 0 Å². The maximum absolute atomic E-state index is 13.1. The van der Waals surface area contributed by atoms with E-state index in [1.165, 1.54) is 23.5 Å². The Morgan fingerprint density at radius 2 is 2.00 bits per heavy atom. The van der Waals surface area contributed by atoms with Gasteiger partial charge < -0.3 is 9.84 Å². The highest BCUT2D eigenvalue weighted by atomic mass is 32.1. The number of thiophene rings is 1. The van der Waals surface area contributed by atoms with E-state index in [0.717, 1.165) is 10.1 Å². The lowest BCUT2D eigenvalue weighted by atomic mass is 10.1. The van der Waals surface area contributed by atoms with E-state index in [2.05, 4.69) is 0 Å². The maximum Gasteiger partial charge on any atom is 0.346 e. The molecule has 3 nitrogen and oxygen atoms in total. The molecule has 21 heavy (non-hydrogen) atoms. The summed E-state index contributed by atoms with van der Waals surface area (Å²) in [7, 11) is 0. The summed E-state index contributed by atoms with van der Waals surface area (Å²) < 4.78 is 19.6. The van der Waals surface area contributed by atoms with E-state index in [4.69, 9.17) is 4.74 Å². The minimum absolute atomic E-state index is 0.0924. The summed E-state index contributed by atoms with van der Waals surface area (Å²) in [5, 5.41) is 10.2. The predicted molar refractivity (Wildman–Crippen MR) is 79.5 cm³/mol. The first-order valence-corrected chi connectivity index (χ1v) is 7.09. The molecule has 0 saturated carbocycles. The van der Waals surface area contributed by atoms with Crippen LogP contribution in [0, 0.1) is 5.82 Å². The van der Waals surface area contributed by atoms with Crippen LogP contribution in [0.4, 0.5) is 4.39 Å². The number of rotatable bonds is 4. The van der Waals surface area contributed by atoms with Gasteiger partial charge in [-0.2, -0.15) is 0 Å². The highest BCUT2D eigenvalue weighted by molar-refractivity contribution is 7.21. The van der Waals surface area contributed by atoms with Crippen LogP contribution in [-0.4, -0.2) is 11.1 Å². The van der Waals surface area contributed by atoms with Crippen molar-refractivity contribution in [3.63, 3.8) is 0 Å². The summed E-state index contributed by atoms with van der Waals surface area (Å²) in [4.78, 5) is 11.6. The molecule has 0 aliphatic carbocycles. The van der Waals surface area contributed by atoms with Crippen molar-refractivity contribution in [3.05, 3.63) is 64.8 Å². The van der Waals surface area contributed by atoms with Gasteiger partial charge in [-0.3, -0.25) is 0 Å². The summed E-state index contributed by atoms with van der Waals surface area (Å²) in [6, 6.07) is 13.2. The fourth-order valence-electron chi connectivity index (χ4n) is 2.13. The van der Waals surface area contributed by atoms with E-state index in [0.29, 0.717) is 11.3 Å². The third-order valence-corrected chi connectivity index (χ3v) is 4.27. The molecule has 0 aliphatic rings. The highest BCUT2D eigenvalue weighted by Crippen LogP contribution is 2.32. The molecular weight excluding hydrogens is 291 g/mol. The summed E-state index contributed by atoms with van der Waals surface area (Å²) >= 11 is 1.22. The quantitative estimate of drug-likeness (QED) is 0.781. The molecule has 2 aromatic carbocycles. The molecule has 3 rings (SSSR count). The number of halogens is 1. The maximum atomic E-state index is 13.1. The minimum atomic E-state index is -0.978. The topological polar surface area (TPSA) is 46.5 Å². The Hall–Kier alpha value is -2.40. The summed E-state index contributed by atoms with van der Waals surface area (Å²) in [5.41, 5.74) is 0.618. The molecule has 0 unspecified atom stereocenters. The predicted octanol–water partition coefficient (Wildman–Crippen LogP) is 4.32. The van der Waals surface area contributed by atoms with Crippen molar-refractivity contribution in [2.45, 2.75) is 6.61 Å². The summed E-state index contributed by atoms with van der Waals surface area (Å²) in [5.74, 6) is -0.989. The average molecular weight is 302 g/mol. The van der Waals surface area contributed by atoms with E-state index in [1.54, 1.807) is 12.1 Å². The van der Waals surface area contributed by atoms with Gasteiger partial charge in [-0.25, -0.2) is 9.18 Å². The Labute approximate surface area is 124 Å². The van der Waals surface area contributed by atoms with Gasteiger partial charge in [0.1, 0.15) is 23.1 Å². The number of hydrogen-bond donors (Lipinski definition) is 1. The van der Waals surface area contributed by atoms with Crippen LogP contribution in [0.15, 0.2) is 48.5 Å². The zero-order valence-corrected chi connectivity index (χ0v) is 11.7. The number of carbonyl (C=O) groups is 1. The minimum Gasteiger partial charge on any atom is -0.489 e. The van der Waals surface area contributed by atoms with Crippen LogP contribution < -0.4 is 4.74 Å². The van der Waals surface area contributed by atoms with Crippen LogP contribution in [0.1, 0.15) is 15.2 Å². The molecule has 5 heteroatoms. The van der Waals surface area contributed by atoms with Crippen LogP contribution in [0.2, 0.25) is 0 Å². The normalized spacial score (nSPS) is 10.7. The molecule has 0 spiro atoms. The van der Waals surface area contributed by atoms with E-state index in [1.807, 2.05) is 24.3 Å². The van der Waals surface area contributed by atoms with Gasteiger partial charge in [-0.05, 0) is 23.6 Å². The molecule has 0 aliphatic heterocycles. The molecule has 0 bridgehead atoms. The molecule has 1 heterocycles. The Kier molecular flexibility index (Phi) is 3.58. The van der Waals surface area contributed by atoms with Gasteiger partial charge in [0, 0.05) is 16.3 Å². The van der Waals surface area contributed by atoms with Crippen molar-refractivity contribution in [3.8, 4) is 5.75 Å². The summed E-state index contributed by atoms with van der Waals surface area (Å²) in [6.45, 7) is 0.0924. The molecule has 1 N–H and O–H groups in total. The van der Waals surface area contributed by atoms with Gasteiger partial charge in [0.25, 0.3) is 0 Å². The Morgan fingerprint density at radius 3 is 2.76 bits per heavy atom. The molecule has 3 aromatic rings. The van der Waals surface area contributed by atoms with Gasteiger partial charge in [0.15, 0.2) is 0 Å². The third kappa shape index (κ3) is 2.73.